The first-order valence-electron chi connectivity index (χ1n) is 3.41. The number of nitrogens with one attached hydrogen (secondary N) is 1. The molecule has 0 aliphatic heterocycles. The van der Waals surface area contributed by atoms with Crippen LogP contribution in [-0.2, 0) is 0 Å². The van der Waals surface area contributed by atoms with E-state index in [4.69, 9.17) is 6.42 Å². The third kappa shape index (κ3) is 2.34. The molecule has 1 unspecified atom stereocenters. The molecule has 58 valence electrons. The van der Waals surface area contributed by atoms with Gasteiger partial charge in [0.15, 0.2) is 0 Å². The van der Waals surface area contributed by atoms with Crippen molar-refractivity contribution in [1.29, 1.82) is 0 Å². The van der Waals surface area contributed by atoms with Crippen molar-refractivity contribution in [3.8, 4) is 12.3 Å². The summed E-state index contributed by atoms with van der Waals surface area (Å²) in [4.78, 5) is 4.16. The highest BCUT2D eigenvalue weighted by molar-refractivity contribution is 7.09. The van der Waals surface area contributed by atoms with E-state index in [1.54, 1.807) is 17.5 Å². The molecule has 1 rings (SSSR count). The zero-order valence-corrected chi connectivity index (χ0v) is 7.19. The van der Waals surface area contributed by atoms with Gasteiger partial charge in [-0.1, -0.05) is 5.92 Å². The fourth-order valence-corrected chi connectivity index (χ4v) is 1.42. The quantitative estimate of drug-likeness (QED) is 0.687. The molecule has 2 nitrogen and oxygen atoms in total. The third-order valence-corrected chi connectivity index (χ3v) is 2.29. The van der Waals surface area contributed by atoms with E-state index < -0.39 is 0 Å². The van der Waals surface area contributed by atoms with Crippen LogP contribution in [0.1, 0.15) is 18.0 Å². The van der Waals surface area contributed by atoms with E-state index in [9.17, 15) is 0 Å². The molecule has 1 heterocycles. The Morgan fingerprint density at radius 2 is 2.73 bits per heavy atom. The summed E-state index contributed by atoms with van der Waals surface area (Å²) in [5, 5.41) is 6.19. The molecule has 1 aromatic heterocycles. The Morgan fingerprint density at radius 3 is 3.27 bits per heavy atom. The lowest BCUT2D eigenvalue weighted by molar-refractivity contribution is 0.619. The predicted molar refractivity (Wildman–Crippen MR) is 47.4 cm³/mol. The lowest BCUT2D eigenvalue weighted by Gasteiger charge is -2.06. The highest BCUT2D eigenvalue weighted by Gasteiger charge is 2.04. The number of thiazole rings is 1. The Labute approximate surface area is 70.7 Å². The van der Waals surface area contributed by atoms with Crippen molar-refractivity contribution in [3.05, 3.63) is 16.6 Å². The van der Waals surface area contributed by atoms with Crippen LogP contribution in [0.25, 0.3) is 0 Å². The van der Waals surface area contributed by atoms with Crippen LogP contribution in [0.15, 0.2) is 11.6 Å². The zero-order valence-electron chi connectivity index (χ0n) is 6.37. The van der Waals surface area contributed by atoms with Crippen molar-refractivity contribution in [2.24, 2.45) is 0 Å². The summed E-state index contributed by atoms with van der Waals surface area (Å²) >= 11 is 1.64. The molecule has 0 aliphatic rings. The van der Waals surface area contributed by atoms with Crippen molar-refractivity contribution in [1.82, 2.24) is 10.3 Å². The molecule has 0 aromatic carbocycles. The van der Waals surface area contributed by atoms with Gasteiger partial charge in [-0.3, -0.25) is 5.32 Å². The first-order chi connectivity index (χ1) is 5.34. The maximum atomic E-state index is 5.10. The van der Waals surface area contributed by atoms with Gasteiger partial charge >= 0.3 is 0 Å². The molecule has 11 heavy (non-hydrogen) atoms. The smallest absolute Gasteiger partial charge is 0.109 e. The van der Waals surface area contributed by atoms with Gasteiger partial charge in [0, 0.05) is 11.6 Å². The van der Waals surface area contributed by atoms with Crippen LogP contribution in [0, 0.1) is 12.3 Å². The zero-order chi connectivity index (χ0) is 8.10. The number of nitrogens with zero attached hydrogens (tertiary/aromatic N) is 1. The largest absolute Gasteiger partial charge is 0.297 e. The third-order valence-electron chi connectivity index (χ3n) is 1.33. The van der Waals surface area contributed by atoms with Gasteiger partial charge in [0.1, 0.15) is 5.01 Å². The molecule has 0 bridgehead atoms. The average molecular weight is 166 g/mol. The Kier molecular flexibility index (Phi) is 3.09. The number of aromatic nitrogens is 1. The number of hydrogen-bond acceptors (Lipinski definition) is 3. The minimum Gasteiger partial charge on any atom is -0.297 e. The Hall–Kier alpha value is -0.850. The van der Waals surface area contributed by atoms with Crippen LogP contribution in [0.4, 0.5) is 0 Å². The average Bonchev–Trinajstić information content (AvgIpc) is 2.52. The lowest BCUT2D eigenvalue weighted by atomic mass is 10.3. The van der Waals surface area contributed by atoms with E-state index in [0.29, 0.717) is 6.54 Å². The molecule has 0 radical (unpaired) electrons. The summed E-state index contributed by atoms with van der Waals surface area (Å²) in [6.07, 6.45) is 6.90. The first-order valence-corrected chi connectivity index (χ1v) is 4.29. The minimum absolute atomic E-state index is 0.269. The maximum Gasteiger partial charge on any atom is 0.109 e. The molecule has 1 aromatic rings. The molecular formula is C8H10N2S. The molecule has 0 saturated heterocycles. The molecule has 0 fully saturated rings. The maximum absolute atomic E-state index is 5.10. The Balaban J connectivity index is 2.44. The number of terminal acetylenes is 1. The lowest BCUT2D eigenvalue weighted by Crippen LogP contribution is -2.18. The molecular weight excluding hydrogens is 156 g/mol. The second-order valence-corrected chi connectivity index (χ2v) is 3.10. The summed E-state index contributed by atoms with van der Waals surface area (Å²) < 4.78 is 0. The standard InChI is InChI=1S/C8H10N2S/c1-3-4-9-7(2)8-10-5-6-11-8/h1,5-7,9H,4H2,2H3. The van der Waals surface area contributed by atoms with E-state index in [-0.39, 0.29) is 6.04 Å². The molecule has 0 aliphatic carbocycles. The summed E-state index contributed by atoms with van der Waals surface area (Å²) in [6, 6.07) is 0.269. The summed E-state index contributed by atoms with van der Waals surface area (Å²) in [6.45, 7) is 2.65. The van der Waals surface area contributed by atoms with Crippen LogP contribution >= 0.6 is 11.3 Å². The SMILES string of the molecule is C#CCNC(C)c1nccs1. The van der Waals surface area contributed by atoms with Gasteiger partial charge in [0.05, 0.1) is 12.6 Å². The van der Waals surface area contributed by atoms with Crippen LogP contribution in [-0.4, -0.2) is 11.5 Å². The van der Waals surface area contributed by atoms with Crippen molar-refractivity contribution in [3.63, 3.8) is 0 Å². The normalized spacial score (nSPS) is 12.4. The van der Waals surface area contributed by atoms with E-state index >= 15 is 0 Å². The summed E-state index contributed by atoms with van der Waals surface area (Å²) in [5.41, 5.74) is 0. The van der Waals surface area contributed by atoms with E-state index in [1.165, 1.54) is 0 Å². The van der Waals surface area contributed by atoms with Gasteiger partial charge in [-0.25, -0.2) is 4.98 Å². The highest BCUT2D eigenvalue weighted by atomic mass is 32.1. The van der Waals surface area contributed by atoms with E-state index in [2.05, 4.69) is 23.1 Å². The molecule has 1 N–H and O–H groups in total. The minimum atomic E-state index is 0.269. The van der Waals surface area contributed by atoms with Crippen molar-refractivity contribution in [2.75, 3.05) is 6.54 Å². The van der Waals surface area contributed by atoms with Crippen LogP contribution in [0.5, 0.6) is 0 Å². The van der Waals surface area contributed by atoms with E-state index in [1.807, 2.05) is 5.38 Å². The van der Waals surface area contributed by atoms with Crippen molar-refractivity contribution >= 4 is 11.3 Å². The van der Waals surface area contributed by atoms with Gasteiger partial charge in [-0.2, -0.15) is 0 Å². The fourth-order valence-electron chi connectivity index (χ4n) is 0.748. The molecule has 0 spiro atoms. The summed E-state index contributed by atoms with van der Waals surface area (Å²) in [7, 11) is 0. The number of hydrogen-bond donors (Lipinski definition) is 1. The van der Waals surface area contributed by atoms with Crippen LogP contribution in [0.2, 0.25) is 0 Å². The Morgan fingerprint density at radius 1 is 1.91 bits per heavy atom. The highest BCUT2D eigenvalue weighted by Crippen LogP contribution is 2.13. The van der Waals surface area contributed by atoms with Gasteiger partial charge < -0.3 is 0 Å². The Bertz CT molecular complexity index is 235. The number of rotatable bonds is 3. The van der Waals surface area contributed by atoms with Crippen LogP contribution in [0.3, 0.4) is 0 Å². The molecule has 1 atom stereocenters. The van der Waals surface area contributed by atoms with Gasteiger partial charge in [-0.15, -0.1) is 17.8 Å². The van der Waals surface area contributed by atoms with Gasteiger partial charge in [-0.05, 0) is 6.92 Å². The second kappa shape index (κ2) is 4.12. The van der Waals surface area contributed by atoms with E-state index in [0.717, 1.165) is 5.01 Å². The first kappa shape index (κ1) is 8.25. The molecule has 0 amide bonds. The topological polar surface area (TPSA) is 24.9 Å². The summed E-state index contributed by atoms with van der Waals surface area (Å²) in [5.74, 6) is 2.53. The van der Waals surface area contributed by atoms with Crippen molar-refractivity contribution < 1.29 is 0 Å². The van der Waals surface area contributed by atoms with Gasteiger partial charge in [0.25, 0.3) is 0 Å². The predicted octanol–water partition coefficient (Wildman–Crippen LogP) is 1.43. The second-order valence-electron chi connectivity index (χ2n) is 2.18. The van der Waals surface area contributed by atoms with Crippen molar-refractivity contribution in [2.45, 2.75) is 13.0 Å². The molecule has 3 heteroatoms. The molecule has 0 saturated carbocycles. The fraction of sp³-hybridized carbons (Fsp3) is 0.375. The van der Waals surface area contributed by atoms with Gasteiger partial charge in [0.2, 0.25) is 0 Å². The monoisotopic (exact) mass is 166 g/mol. The van der Waals surface area contributed by atoms with Crippen LogP contribution < -0.4 is 5.32 Å².